The van der Waals surface area contributed by atoms with Crippen LogP contribution in [0, 0.1) is 0 Å². The van der Waals surface area contributed by atoms with Crippen LogP contribution in [-0.4, -0.2) is 48.1 Å². The molecule has 2 heterocycles. The Bertz CT molecular complexity index is 1320. The molecule has 2 aliphatic rings. The van der Waals surface area contributed by atoms with Crippen molar-refractivity contribution in [2.75, 3.05) is 26.4 Å². The van der Waals surface area contributed by atoms with E-state index in [0.717, 1.165) is 5.56 Å². The third-order valence-corrected chi connectivity index (χ3v) is 6.32. The molecule has 7 heteroatoms. The van der Waals surface area contributed by atoms with Crippen molar-refractivity contribution >= 4 is 17.4 Å². The van der Waals surface area contributed by atoms with Gasteiger partial charge in [-0.3, -0.25) is 9.59 Å². The van der Waals surface area contributed by atoms with Gasteiger partial charge in [-0.15, -0.1) is 0 Å². The lowest BCUT2D eigenvalue weighted by Gasteiger charge is -2.26. The van der Waals surface area contributed by atoms with Crippen LogP contribution in [0.3, 0.4) is 0 Å². The first kappa shape index (κ1) is 23.5. The number of nitrogens with zero attached hydrogens (tertiary/aromatic N) is 1. The molecule has 0 saturated carbocycles. The van der Waals surface area contributed by atoms with Gasteiger partial charge in [0.25, 0.3) is 11.7 Å². The number of rotatable bonds is 7. The van der Waals surface area contributed by atoms with Gasteiger partial charge in [-0.2, -0.15) is 0 Å². The number of hydrogen-bond donors (Lipinski definition) is 1. The average molecular weight is 486 g/mol. The standard InChI is InChI=1S/C29H27NO6/c1-2-34-22-10-6-9-20(17-22)26-25(27(31)21-11-12-23-24(18-21)36-16-15-35-23)28(32)29(33)30(26)14-13-19-7-4-3-5-8-19/h3-12,17-18,26,31H,2,13-16H2,1H3/b27-25-. The van der Waals surface area contributed by atoms with Crippen LogP contribution in [0.15, 0.2) is 78.4 Å². The molecule has 0 aromatic heterocycles. The van der Waals surface area contributed by atoms with Gasteiger partial charge in [-0.05, 0) is 54.8 Å². The highest BCUT2D eigenvalue weighted by Gasteiger charge is 2.46. The Morgan fingerprint density at radius 2 is 1.75 bits per heavy atom. The largest absolute Gasteiger partial charge is 0.507 e. The van der Waals surface area contributed by atoms with Crippen LogP contribution in [0.1, 0.15) is 29.7 Å². The molecular formula is C29H27NO6. The molecule has 0 spiro atoms. The van der Waals surface area contributed by atoms with E-state index < -0.39 is 17.7 Å². The van der Waals surface area contributed by atoms with Gasteiger partial charge in [0.1, 0.15) is 24.7 Å². The van der Waals surface area contributed by atoms with Crippen molar-refractivity contribution in [2.45, 2.75) is 19.4 Å². The van der Waals surface area contributed by atoms with Gasteiger partial charge in [0.15, 0.2) is 11.5 Å². The summed E-state index contributed by atoms with van der Waals surface area (Å²) in [7, 11) is 0. The summed E-state index contributed by atoms with van der Waals surface area (Å²) in [6, 6.07) is 21.3. The normalized spacial score (nSPS) is 18.4. The molecule has 1 N–H and O–H groups in total. The number of hydrogen-bond acceptors (Lipinski definition) is 6. The van der Waals surface area contributed by atoms with Crippen molar-refractivity contribution in [2.24, 2.45) is 0 Å². The molecule has 5 rings (SSSR count). The minimum absolute atomic E-state index is 0.0402. The Hall–Kier alpha value is -4.26. The second-order valence-electron chi connectivity index (χ2n) is 8.59. The molecule has 0 bridgehead atoms. The molecule has 1 amide bonds. The van der Waals surface area contributed by atoms with Gasteiger partial charge in [0.2, 0.25) is 0 Å². The molecule has 0 aliphatic carbocycles. The predicted octanol–water partition coefficient (Wildman–Crippen LogP) is 4.52. The number of carbonyl (C=O) groups is 2. The predicted molar refractivity (Wildman–Crippen MR) is 134 cm³/mol. The first-order valence-corrected chi connectivity index (χ1v) is 12.0. The zero-order valence-electron chi connectivity index (χ0n) is 20.0. The van der Waals surface area contributed by atoms with Crippen LogP contribution in [-0.2, 0) is 16.0 Å². The molecule has 1 atom stereocenters. The molecule has 2 aliphatic heterocycles. The summed E-state index contributed by atoms with van der Waals surface area (Å²) in [5, 5.41) is 11.4. The van der Waals surface area contributed by atoms with Gasteiger partial charge in [0.05, 0.1) is 18.2 Å². The van der Waals surface area contributed by atoms with Gasteiger partial charge < -0.3 is 24.2 Å². The van der Waals surface area contributed by atoms with Crippen molar-refractivity contribution in [3.05, 3.63) is 95.1 Å². The molecule has 1 fully saturated rings. The summed E-state index contributed by atoms with van der Waals surface area (Å²) < 4.78 is 16.9. The van der Waals surface area contributed by atoms with Gasteiger partial charge in [-0.25, -0.2) is 0 Å². The molecule has 36 heavy (non-hydrogen) atoms. The number of ether oxygens (including phenoxy) is 3. The number of likely N-dealkylation sites (tertiary alicyclic amines) is 1. The molecule has 3 aromatic rings. The second-order valence-corrected chi connectivity index (χ2v) is 8.59. The maximum Gasteiger partial charge on any atom is 0.295 e. The highest BCUT2D eigenvalue weighted by atomic mass is 16.6. The van der Waals surface area contributed by atoms with Gasteiger partial charge in [0, 0.05) is 12.1 Å². The molecule has 1 saturated heterocycles. The Balaban J connectivity index is 1.58. The molecule has 3 aromatic carbocycles. The van der Waals surface area contributed by atoms with E-state index in [1.54, 1.807) is 18.2 Å². The number of aliphatic hydroxyl groups excluding tert-OH is 1. The number of ketones is 1. The summed E-state index contributed by atoms with van der Waals surface area (Å²) in [4.78, 5) is 28.1. The minimum atomic E-state index is -0.762. The molecule has 7 nitrogen and oxygen atoms in total. The fourth-order valence-corrected chi connectivity index (χ4v) is 4.64. The van der Waals surface area contributed by atoms with Crippen LogP contribution < -0.4 is 14.2 Å². The fourth-order valence-electron chi connectivity index (χ4n) is 4.64. The van der Waals surface area contributed by atoms with Crippen LogP contribution in [0.4, 0.5) is 0 Å². The lowest BCUT2D eigenvalue weighted by atomic mass is 9.95. The summed E-state index contributed by atoms with van der Waals surface area (Å²) in [6.45, 7) is 3.53. The van der Waals surface area contributed by atoms with E-state index in [9.17, 15) is 14.7 Å². The first-order chi connectivity index (χ1) is 17.6. The smallest absolute Gasteiger partial charge is 0.295 e. The maximum absolute atomic E-state index is 13.3. The highest BCUT2D eigenvalue weighted by Crippen LogP contribution is 2.41. The number of fused-ring (bicyclic) bond motifs is 1. The zero-order chi connectivity index (χ0) is 25.1. The highest BCUT2D eigenvalue weighted by molar-refractivity contribution is 6.46. The number of Topliss-reactive ketones (excluding diaryl/α,β-unsaturated/α-hetero) is 1. The van der Waals surface area contributed by atoms with Crippen LogP contribution in [0.5, 0.6) is 17.2 Å². The monoisotopic (exact) mass is 485 g/mol. The Morgan fingerprint density at radius 3 is 2.53 bits per heavy atom. The average Bonchev–Trinajstić information content (AvgIpc) is 3.17. The van der Waals surface area contributed by atoms with Crippen molar-refractivity contribution in [1.29, 1.82) is 0 Å². The van der Waals surface area contributed by atoms with Crippen LogP contribution >= 0.6 is 0 Å². The Labute approximate surface area is 209 Å². The Morgan fingerprint density at radius 1 is 0.972 bits per heavy atom. The van der Waals surface area contributed by atoms with E-state index in [2.05, 4.69) is 0 Å². The topological polar surface area (TPSA) is 85.3 Å². The molecule has 184 valence electrons. The third kappa shape index (κ3) is 4.52. The van der Waals surface area contributed by atoms with Crippen LogP contribution in [0.2, 0.25) is 0 Å². The molecule has 0 radical (unpaired) electrons. The van der Waals surface area contributed by atoms with Crippen molar-refractivity contribution < 1.29 is 28.9 Å². The van der Waals surface area contributed by atoms with Crippen molar-refractivity contribution in [3.63, 3.8) is 0 Å². The third-order valence-electron chi connectivity index (χ3n) is 6.32. The second kappa shape index (κ2) is 10.2. The van der Waals surface area contributed by atoms with Gasteiger partial charge in [-0.1, -0.05) is 42.5 Å². The number of carbonyl (C=O) groups excluding carboxylic acids is 2. The first-order valence-electron chi connectivity index (χ1n) is 12.0. The van der Waals surface area contributed by atoms with E-state index >= 15 is 0 Å². The van der Waals surface area contributed by atoms with Crippen LogP contribution in [0.25, 0.3) is 5.76 Å². The summed E-state index contributed by atoms with van der Waals surface area (Å²) in [5.74, 6) is 0.0713. The molecular weight excluding hydrogens is 458 g/mol. The van der Waals surface area contributed by atoms with Crippen molar-refractivity contribution in [3.8, 4) is 17.2 Å². The number of benzene rings is 3. The van der Waals surface area contributed by atoms with Gasteiger partial charge >= 0.3 is 0 Å². The summed E-state index contributed by atoms with van der Waals surface area (Å²) in [6.07, 6.45) is 0.569. The van der Waals surface area contributed by atoms with E-state index in [-0.39, 0.29) is 11.3 Å². The van der Waals surface area contributed by atoms with E-state index in [1.165, 1.54) is 4.90 Å². The SMILES string of the molecule is CCOc1cccc(C2/C(=C(/O)c3ccc4c(c3)OCCO4)C(=O)C(=O)N2CCc2ccccc2)c1. The zero-order valence-corrected chi connectivity index (χ0v) is 20.0. The Kier molecular flexibility index (Phi) is 6.62. The number of amides is 1. The van der Waals surface area contributed by atoms with E-state index in [0.29, 0.717) is 61.2 Å². The summed E-state index contributed by atoms with van der Waals surface area (Å²) >= 11 is 0. The fraction of sp³-hybridized carbons (Fsp3) is 0.241. The van der Waals surface area contributed by atoms with E-state index in [1.807, 2.05) is 61.5 Å². The molecule has 1 unspecified atom stereocenters. The van der Waals surface area contributed by atoms with Crippen molar-refractivity contribution in [1.82, 2.24) is 4.90 Å². The lowest BCUT2D eigenvalue weighted by Crippen LogP contribution is -2.31. The number of aliphatic hydroxyl groups is 1. The maximum atomic E-state index is 13.3. The van der Waals surface area contributed by atoms with E-state index in [4.69, 9.17) is 14.2 Å². The summed E-state index contributed by atoms with van der Waals surface area (Å²) in [5.41, 5.74) is 2.16. The quantitative estimate of drug-likeness (QED) is 0.301. The lowest BCUT2D eigenvalue weighted by molar-refractivity contribution is -0.139. The minimum Gasteiger partial charge on any atom is -0.507 e.